The van der Waals surface area contributed by atoms with Gasteiger partial charge in [-0.1, -0.05) is 0 Å². The van der Waals surface area contributed by atoms with Gasteiger partial charge in [-0.15, -0.1) is 11.3 Å². The number of esters is 1. The van der Waals surface area contributed by atoms with E-state index in [1.54, 1.807) is 6.92 Å². The number of aryl methyl sites for hydroxylation is 1. The van der Waals surface area contributed by atoms with E-state index in [4.69, 9.17) is 10.5 Å². The average Bonchev–Trinajstić information content (AvgIpc) is 2.52. The third-order valence-electron chi connectivity index (χ3n) is 1.65. The first-order chi connectivity index (χ1) is 6.63. The fourth-order valence-electron chi connectivity index (χ4n) is 1.03. The summed E-state index contributed by atoms with van der Waals surface area (Å²) >= 11 is 1.47. The molecule has 1 rings (SSSR count). The van der Waals surface area contributed by atoms with E-state index in [0.717, 1.165) is 10.7 Å². The molecule has 0 aliphatic heterocycles. The Morgan fingerprint density at radius 1 is 1.79 bits per heavy atom. The van der Waals surface area contributed by atoms with Crippen LogP contribution in [-0.2, 0) is 9.53 Å². The molecule has 0 spiro atoms. The van der Waals surface area contributed by atoms with Crippen molar-refractivity contribution in [3.05, 3.63) is 16.1 Å². The standard InChI is InChI=1S/C9H14N2O2S/c1-3-13-8(12)4-7(10)9-11-6(2)5-14-9/h5,7H,3-4,10H2,1-2H3. The number of thiazole rings is 1. The van der Waals surface area contributed by atoms with E-state index in [-0.39, 0.29) is 18.4 Å². The number of carbonyl (C=O) groups excluding carboxylic acids is 1. The molecule has 0 bridgehead atoms. The first-order valence-corrected chi connectivity index (χ1v) is 5.34. The summed E-state index contributed by atoms with van der Waals surface area (Å²) in [4.78, 5) is 15.3. The van der Waals surface area contributed by atoms with E-state index >= 15 is 0 Å². The molecule has 0 saturated heterocycles. The minimum absolute atomic E-state index is 0.195. The van der Waals surface area contributed by atoms with Crippen molar-refractivity contribution >= 4 is 17.3 Å². The quantitative estimate of drug-likeness (QED) is 0.769. The Kier molecular flexibility index (Phi) is 4.03. The van der Waals surface area contributed by atoms with Gasteiger partial charge in [0.2, 0.25) is 0 Å². The van der Waals surface area contributed by atoms with Crippen molar-refractivity contribution in [1.82, 2.24) is 4.98 Å². The van der Waals surface area contributed by atoms with Gasteiger partial charge in [-0.2, -0.15) is 0 Å². The summed E-state index contributed by atoms with van der Waals surface area (Å²) in [6.45, 7) is 4.07. The smallest absolute Gasteiger partial charge is 0.307 e. The topological polar surface area (TPSA) is 65.2 Å². The summed E-state index contributed by atoms with van der Waals surface area (Å²) < 4.78 is 4.80. The van der Waals surface area contributed by atoms with E-state index in [0.29, 0.717) is 6.61 Å². The van der Waals surface area contributed by atoms with Crippen LogP contribution in [0.2, 0.25) is 0 Å². The Morgan fingerprint density at radius 2 is 2.50 bits per heavy atom. The molecule has 0 radical (unpaired) electrons. The summed E-state index contributed by atoms with van der Waals surface area (Å²) in [5.41, 5.74) is 6.72. The molecule has 1 aromatic heterocycles. The maximum atomic E-state index is 11.1. The van der Waals surface area contributed by atoms with Gasteiger partial charge in [0.25, 0.3) is 0 Å². The maximum Gasteiger partial charge on any atom is 0.307 e. The average molecular weight is 214 g/mol. The first kappa shape index (κ1) is 11.1. The molecule has 14 heavy (non-hydrogen) atoms. The molecule has 2 N–H and O–H groups in total. The van der Waals surface area contributed by atoms with E-state index < -0.39 is 0 Å². The number of aromatic nitrogens is 1. The Labute approximate surface area is 87.1 Å². The second kappa shape index (κ2) is 5.07. The van der Waals surface area contributed by atoms with Gasteiger partial charge in [0.1, 0.15) is 5.01 Å². The molecule has 78 valence electrons. The molecule has 1 atom stereocenters. The second-order valence-corrected chi connectivity index (χ2v) is 3.83. The minimum Gasteiger partial charge on any atom is -0.466 e. The summed E-state index contributed by atoms with van der Waals surface area (Å²) in [7, 11) is 0. The molecule has 0 aliphatic rings. The van der Waals surface area contributed by atoms with Gasteiger partial charge >= 0.3 is 5.97 Å². The zero-order chi connectivity index (χ0) is 10.6. The largest absolute Gasteiger partial charge is 0.466 e. The molecule has 0 aliphatic carbocycles. The molecule has 0 amide bonds. The molecule has 1 heterocycles. The van der Waals surface area contributed by atoms with Crippen molar-refractivity contribution in [3.63, 3.8) is 0 Å². The Balaban J connectivity index is 2.50. The van der Waals surface area contributed by atoms with E-state index in [1.165, 1.54) is 11.3 Å². The van der Waals surface area contributed by atoms with Crippen LogP contribution in [0.15, 0.2) is 5.38 Å². The van der Waals surface area contributed by atoms with Crippen molar-refractivity contribution in [2.24, 2.45) is 5.73 Å². The van der Waals surface area contributed by atoms with Crippen molar-refractivity contribution in [2.75, 3.05) is 6.61 Å². The zero-order valence-electron chi connectivity index (χ0n) is 8.32. The molecule has 0 saturated carbocycles. The second-order valence-electron chi connectivity index (χ2n) is 2.94. The SMILES string of the molecule is CCOC(=O)CC(N)c1nc(C)cs1. The van der Waals surface area contributed by atoms with Crippen LogP contribution < -0.4 is 5.73 Å². The number of hydrogen-bond acceptors (Lipinski definition) is 5. The van der Waals surface area contributed by atoms with Gasteiger partial charge < -0.3 is 10.5 Å². The number of carbonyl (C=O) groups is 1. The minimum atomic E-state index is -0.340. The highest BCUT2D eigenvalue weighted by Gasteiger charge is 2.14. The molecule has 1 aromatic rings. The number of nitrogens with two attached hydrogens (primary N) is 1. The Hall–Kier alpha value is -0.940. The number of nitrogens with zero attached hydrogens (tertiary/aromatic N) is 1. The Morgan fingerprint density at radius 3 is 3.00 bits per heavy atom. The van der Waals surface area contributed by atoms with Gasteiger partial charge in [0.15, 0.2) is 0 Å². The first-order valence-electron chi connectivity index (χ1n) is 4.46. The maximum absolute atomic E-state index is 11.1. The van der Waals surface area contributed by atoms with Crippen LogP contribution in [0.25, 0.3) is 0 Å². The molecule has 0 aromatic carbocycles. The van der Waals surface area contributed by atoms with Crippen molar-refractivity contribution in [3.8, 4) is 0 Å². The summed E-state index contributed by atoms with van der Waals surface area (Å²) in [6, 6.07) is -0.340. The molecule has 0 fully saturated rings. The lowest BCUT2D eigenvalue weighted by Crippen LogP contribution is -2.17. The fourth-order valence-corrected chi connectivity index (χ4v) is 1.83. The highest BCUT2D eigenvalue weighted by molar-refractivity contribution is 7.09. The normalized spacial score (nSPS) is 12.5. The van der Waals surface area contributed by atoms with Crippen LogP contribution in [-0.4, -0.2) is 17.6 Å². The number of ether oxygens (including phenoxy) is 1. The van der Waals surface area contributed by atoms with E-state index in [1.807, 2.05) is 12.3 Å². The van der Waals surface area contributed by atoms with E-state index in [2.05, 4.69) is 4.98 Å². The highest BCUT2D eigenvalue weighted by Crippen LogP contribution is 2.18. The van der Waals surface area contributed by atoms with Crippen LogP contribution in [0.4, 0.5) is 0 Å². The summed E-state index contributed by atoms with van der Waals surface area (Å²) in [6.07, 6.45) is 0.195. The predicted molar refractivity (Wildman–Crippen MR) is 55.0 cm³/mol. The van der Waals surface area contributed by atoms with Crippen LogP contribution in [0.3, 0.4) is 0 Å². The van der Waals surface area contributed by atoms with E-state index in [9.17, 15) is 4.79 Å². The lowest BCUT2D eigenvalue weighted by atomic mass is 10.2. The molecular formula is C9H14N2O2S. The molecular weight excluding hydrogens is 200 g/mol. The van der Waals surface area contributed by atoms with Crippen LogP contribution in [0.5, 0.6) is 0 Å². The van der Waals surface area contributed by atoms with Crippen molar-refractivity contribution in [2.45, 2.75) is 26.3 Å². The van der Waals surface area contributed by atoms with Crippen molar-refractivity contribution in [1.29, 1.82) is 0 Å². The third kappa shape index (κ3) is 3.08. The summed E-state index contributed by atoms with van der Waals surface area (Å²) in [5.74, 6) is -0.271. The van der Waals surface area contributed by atoms with Gasteiger partial charge in [0.05, 0.1) is 19.1 Å². The summed E-state index contributed by atoms with van der Waals surface area (Å²) in [5, 5.41) is 2.70. The van der Waals surface area contributed by atoms with Gasteiger partial charge in [-0.3, -0.25) is 4.79 Å². The lowest BCUT2D eigenvalue weighted by Gasteiger charge is -2.06. The van der Waals surface area contributed by atoms with Crippen LogP contribution >= 0.6 is 11.3 Å². The molecule has 1 unspecified atom stereocenters. The third-order valence-corrected chi connectivity index (χ3v) is 2.74. The number of rotatable bonds is 4. The van der Waals surface area contributed by atoms with Gasteiger partial charge in [-0.25, -0.2) is 4.98 Å². The molecule has 5 heteroatoms. The fraction of sp³-hybridized carbons (Fsp3) is 0.556. The van der Waals surface area contributed by atoms with Gasteiger partial charge in [-0.05, 0) is 13.8 Å². The zero-order valence-corrected chi connectivity index (χ0v) is 9.13. The predicted octanol–water partition coefficient (Wildman–Crippen LogP) is 1.40. The van der Waals surface area contributed by atoms with Gasteiger partial charge in [0, 0.05) is 11.1 Å². The monoisotopic (exact) mass is 214 g/mol. The van der Waals surface area contributed by atoms with Crippen LogP contribution in [0, 0.1) is 6.92 Å². The Bertz CT molecular complexity index is 312. The number of hydrogen-bond donors (Lipinski definition) is 1. The molecule has 4 nitrogen and oxygen atoms in total. The van der Waals surface area contributed by atoms with Crippen molar-refractivity contribution < 1.29 is 9.53 Å². The van der Waals surface area contributed by atoms with Crippen LogP contribution in [0.1, 0.15) is 30.1 Å². The highest BCUT2D eigenvalue weighted by atomic mass is 32.1. The lowest BCUT2D eigenvalue weighted by molar-refractivity contribution is -0.143.